The highest BCUT2D eigenvalue weighted by Crippen LogP contribution is 2.24. The van der Waals surface area contributed by atoms with Crippen LogP contribution in [0.5, 0.6) is 0 Å². The number of carbonyl (C=O) groups excluding carboxylic acids is 2. The minimum atomic E-state index is -1.06. The van der Waals surface area contributed by atoms with Gasteiger partial charge in [-0.25, -0.2) is 14.6 Å². The van der Waals surface area contributed by atoms with E-state index in [0.717, 1.165) is 5.01 Å². The number of alkyl halides is 1. The summed E-state index contributed by atoms with van der Waals surface area (Å²) in [6, 6.07) is 0. The normalized spacial score (nSPS) is 18.2. The lowest BCUT2D eigenvalue weighted by Gasteiger charge is -2.34. The number of amides is 2. The summed E-state index contributed by atoms with van der Waals surface area (Å²) < 4.78 is 23.3. The van der Waals surface area contributed by atoms with E-state index in [1.807, 2.05) is 0 Å². The van der Waals surface area contributed by atoms with Crippen LogP contribution >= 0.6 is 0 Å². The molecule has 1 atom stereocenters. The van der Waals surface area contributed by atoms with E-state index in [1.165, 1.54) is 5.01 Å². The Balaban J connectivity index is 2.94. The number of nitrogens with zero attached hydrogens (tertiary/aromatic N) is 5. The van der Waals surface area contributed by atoms with E-state index in [1.54, 1.807) is 34.6 Å². The van der Waals surface area contributed by atoms with E-state index in [-0.39, 0.29) is 18.9 Å². The predicted molar refractivity (Wildman–Crippen MR) is 92.9 cm³/mol. The standard InChI is InChI=1S/C16H28FN5O4/c1-15(2,3)25-13(23)22(14(24)26-16(4,5)7-8-17)21-9-6-12(11-21)10-19-20-18/h12H,6-11H2,1-5H3. The van der Waals surface area contributed by atoms with E-state index < -0.39 is 30.1 Å². The van der Waals surface area contributed by atoms with Crippen molar-refractivity contribution in [1.82, 2.24) is 10.0 Å². The molecule has 1 fully saturated rings. The Hall–Kier alpha value is -2.06. The fourth-order valence-corrected chi connectivity index (χ4v) is 2.46. The van der Waals surface area contributed by atoms with Gasteiger partial charge in [0.25, 0.3) is 0 Å². The van der Waals surface area contributed by atoms with Gasteiger partial charge in [-0.2, -0.15) is 0 Å². The van der Waals surface area contributed by atoms with E-state index in [4.69, 9.17) is 15.0 Å². The fourth-order valence-electron chi connectivity index (χ4n) is 2.46. The number of hydrazine groups is 1. The first-order chi connectivity index (χ1) is 12.0. The Morgan fingerprint density at radius 2 is 1.88 bits per heavy atom. The monoisotopic (exact) mass is 373 g/mol. The lowest BCUT2D eigenvalue weighted by molar-refractivity contribution is -0.0602. The minimum absolute atomic E-state index is 0.0143. The molecule has 1 rings (SSSR count). The van der Waals surface area contributed by atoms with Crippen LogP contribution < -0.4 is 0 Å². The SMILES string of the molecule is CC(C)(C)OC(=O)N(C(=O)OC(C)(C)CCF)N1CCC(CN=[N+]=[N-])C1. The molecule has 0 aromatic heterocycles. The summed E-state index contributed by atoms with van der Waals surface area (Å²) in [5, 5.41) is 5.88. The third-order valence-corrected chi connectivity index (χ3v) is 3.75. The molecule has 0 bridgehead atoms. The number of imide groups is 1. The van der Waals surface area contributed by atoms with Gasteiger partial charge in [-0.1, -0.05) is 5.11 Å². The topological polar surface area (TPSA) is 108 Å². The van der Waals surface area contributed by atoms with Crippen molar-refractivity contribution in [2.45, 2.75) is 58.7 Å². The maximum Gasteiger partial charge on any atom is 0.435 e. The Kier molecular flexibility index (Phi) is 7.65. The summed E-state index contributed by atoms with van der Waals surface area (Å²) in [5.41, 5.74) is 6.58. The lowest BCUT2D eigenvalue weighted by Crippen LogP contribution is -2.52. The molecule has 0 radical (unpaired) electrons. The van der Waals surface area contributed by atoms with Gasteiger partial charge in [0, 0.05) is 31.0 Å². The molecule has 0 aromatic carbocycles. The van der Waals surface area contributed by atoms with Crippen molar-refractivity contribution >= 4 is 12.2 Å². The van der Waals surface area contributed by atoms with Crippen LogP contribution in [0.2, 0.25) is 0 Å². The molecule has 2 amide bonds. The smallest absolute Gasteiger partial charge is 0.435 e. The number of rotatable bonds is 6. The highest BCUT2D eigenvalue weighted by Gasteiger charge is 2.39. The highest BCUT2D eigenvalue weighted by molar-refractivity contribution is 5.87. The third kappa shape index (κ3) is 7.05. The van der Waals surface area contributed by atoms with Crippen LogP contribution in [0.15, 0.2) is 5.11 Å². The Bertz CT molecular complexity index is 557. The summed E-state index contributed by atoms with van der Waals surface area (Å²) in [6.45, 7) is 8.60. The van der Waals surface area contributed by atoms with Gasteiger partial charge in [0.05, 0.1) is 6.67 Å². The zero-order valence-corrected chi connectivity index (χ0v) is 16.1. The molecule has 1 aliphatic heterocycles. The predicted octanol–water partition coefficient (Wildman–Crippen LogP) is 4.05. The second-order valence-corrected chi connectivity index (χ2v) is 7.84. The second-order valence-electron chi connectivity index (χ2n) is 7.84. The van der Waals surface area contributed by atoms with Crippen LogP contribution in [0.3, 0.4) is 0 Å². The first kappa shape index (κ1) is 22.0. The molecule has 9 nitrogen and oxygen atoms in total. The molecule has 1 aliphatic rings. The van der Waals surface area contributed by atoms with Crippen molar-refractivity contribution in [1.29, 1.82) is 0 Å². The molecular formula is C16H28FN5O4. The van der Waals surface area contributed by atoms with Crippen molar-refractivity contribution in [2.24, 2.45) is 11.0 Å². The van der Waals surface area contributed by atoms with Gasteiger partial charge in [-0.3, -0.25) is 4.39 Å². The number of ether oxygens (including phenoxy) is 2. The van der Waals surface area contributed by atoms with Crippen LogP contribution in [0, 0.1) is 5.92 Å². The minimum Gasteiger partial charge on any atom is -0.442 e. The van der Waals surface area contributed by atoms with Gasteiger partial charge in [-0.05, 0) is 52.5 Å². The average molecular weight is 373 g/mol. The molecule has 0 aromatic rings. The maximum absolute atomic E-state index is 12.6. The van der Waals surface area contributed by atoms with Crippen molar-refractivity contribution < 1.29 is 23.5 Å². The summed E-state index contributed by atoms with van der Waals surface area (Å²) in [4.78, 5) is 27.9. The van der Waals surface area contributed by atoms with Gasteiger partial charge in [0.2, 0.25) is 0 Å². The lowest BCUT2D eigenvalue weighted by atomic mass is 10.1. The first-order valence-corrected chi connectivity index (χ1v) is 8.57. The van der Waals surface area contributed by atoms with Crippen LogP contribution in [-0.2, 0) is 9.47 Å². The molecule has 1 saturated heterocycles. The molecule has 0 saturated carbocycles. The van der Waals surface area contributed by atoms with E-state index in [9.17, 15) is 14.0 Å². The summed E-state index contributed by atoms with van der Waals surface area (Å²) in [7, 11) is 0. The van der Waals surface area contributed by atoms with Crippen molar-refractivity contribution in [3.8, 4) is 0 Å². The molecule has 0 spiro atoms. The number of halogens is 1. The molecule has 0 N–H and O–H groups in total. The van der Waals surface area contributed by atoms with Gasteiger partial charge < -0.3 is 9.47 Å². The van der Waals surface area contributed by atoms with E-state index in [0.29, 0.717) is 19.5 Å². The van der Waals surface area contributed by atoms with Crippen LogP contribution in [-0.4, -0.2) is 59.7 Å². The van der Waals surface area contributed by atoms with Crippen molar-refractivity contribution in [3.63, 3.8) is 0 Å². The Morgan fingerprint density at radius 1 is 1.27 bits per heavy atom. The number of hydrogen-bond acceptors (Lipinski definition) is 6. The maximum atomic E-state index is 12.6. The first-order valence-electron chi connectivity index (χ1n) is 8.57. The van der Waals surface area contributed by atoms with Crippen LogP contribution in [0.25, 0.3) is 10.4 Å². The zero-order valence-electron chi connectivity index (χ0n) is 16.1. The quantitative estimate of drug-likeness (QED) is 0.396. The van der Waals surface area contributed by atoms with Gasteiger partial charge >= 0.3 is 12.2 Å². The van der Waals surface area contributed by atoms with Gasteiger partial charge in [0.15, 0.2) is 0 Å². The van der Waals surface area contributed by atoms with Crippen molar-refractivity contribution in [2.75, 3.05) is 26.3 Å². The summed E-state index contributed by atoms with van der Waals surface area (Å²) in [5.74, 6) is 0.0162. The molecule has 1 unspecified atom stereocenters. The van der Waals surface area contributed by atoms with Gasteiger partial charge in [0.1, 0.15) is 11.2 Å². The van der Waals surface area contributed by atoms with Crippen molar-refractivity contribution in [3.05, 3.63) is 10.4 Å². The Morgan fingerprint density at radius 3 is 2.42 bits per heavy atom. The number of carbonyl (C=O) groups is 2. The number of hydrogen-bond donors (Lipinski definition) is 0. The molecule has 0 aliphatic carbocycles. The van der Waals surface area contributed by atoms with Crippen LogP contribution in [0.1, 0.15) is 47.5 Å². The van der Waals surface area contributed by atoms with Gasteiger partial charge in [-0.15, -0.1) is 5.01 Å². The molecular weight excluding hydrogens is 345 g/mol. The summed E-state index contributed by atoms with van der Waals surface area (Å²) in [6.07, 6.45) is -1.11. The number of azide groups is 1. The zero-order chi connectivity index (χ0) is 20.0. The average Bonchev–Trinajstić information content (AvgIpc) is 2.90. The summed E-state index contributed by atoms with van der Waals surface area (Å²) >= 11 is 0. The van der Waals surface area contributed by atoms with E-state index >= 15 is 0 Å². The van der Waals surface area contributed by atoms with Crippen LogP contribution in [0.4, 0.5) is 14.0 Å². The fraction of sp³-hybridized carbons (Fsp3) is 0.875. The molecule has 1 heterocycles. The third-order valence-electron chi connectivity index (χ3n) is 3.75. The second kappa shape index (κ2) is 9.05. The largest absolute Gasteiger partial charge is 0.442 e. The molecule has 10 heteroatoms. The highest BCUT2D eigenvalue weighted by atomic mass is 19.1. The molecule has 26 heavy (non-hydrogen) atoms. The Labute approximate surface area is 153 Å². The molecule has 148 valence electrons. The van der Waals surface area contributed by atoms with E-state index in [2.05, 4.69) is 10.0 Å².